The average molecular weight is 274 g/mol. The quantitative estimate of drug-likeness (QED) is 0.782. The van der Waals surface area contributed by atoms with E-state index < -0.39 is 0 Å². The van der Waals surface area contributed by atoms with E-state index >= 15 is 0 Å². The molecular formula is C17H27BO2. The first-order valence-corrected chi connectivity index (χ1v) is 7.84. The highest BCUT2D eigenvalue weighted by Crippen LogP contribution is 2.39. The number of hydrogen-bond acceptors (Lipinski definition) is 2. The van der Waals surface area contributed by atoms with Crippen LogP contribution in [0.5, 0.6) is 0 Å². The lowest BCUT2D eigenvalue weighted by atomic mass is 9.77. The zero-order valence-electron chi connectivity index (χ0n) is 13.7. The lowest BCUT2D eigenvalue weighted by Gasteiger charge is -2.35. The predicted octanol–water partition coefficient (Wildman–Crippen LogP) is 3.50. The Morgan fingerprint density at radius 3 is 2.10 bits per heavy atom. The highest BCUT2D eigenvalue weighted by molar-refractivity contribution is 6.62. The van der Waals surface area contributed by atoms with Crippen molar-refractivity contribution in [2.24, 2.45) is 0 Å². The van der Waals surface area contributed by atoms with E-state index in [0.717, 1.165) is 24.7 Å². The molecule has 0 saturated carbocycles. The van der Waals surface area contributed by atoms with E-state index in [1.165, 1.54) is 11.1 Å². The third-order valence-corrected chi connectivity index (χ3v) is 4.98. The minimum atomic E-state index is -0.262. The maximum Gasteiger partial charge on any atom is 0.494 e. The largest absolute Gasteiger partial charge is 0.494 e. The van der Waals surface area contributed by atoms with Gasteiger partial charge in [0.1, 0.15) is 0 Å². The molecule has 0 spiro atoms. The van der Waals surface area contributed by atoms with E-state index in [1.54, 1.807) is 0 Å². The molecule has 1 aliphatic heterocycles. The second kappa shape index (κ2) is 5.53. The fraction of sp³-hybridized carbons (Fsp3) is 0.647. The van der Waals surface area contributed by atoms with Crippen molar-refractivity contribution < 1.29 is 9.31 Å². The summed E-state index contributed by atoms with van der Waals surface area (Å²) in [5.74, 6) is 0. The highest BCUT2D eigenvalue weighted by atomic mass is 16.7. The molecule has 0 aromatic heterocycles. The van der Waals surface area contributed by atoms with E-state index in [0.29, 0.717) is 0 Å². The SMILES string of the molecule is CCc1ccc(B2OC(C)(C)C(C)(CC)O2)cc1CC. The van der Waals surface area contributed by atoms with Gasteiger partial charge in [-0.05, 0) is 56.6 Å². The van der Waals surface area contributed by atoms with Crippen LogP contribution in [0.3, 0.4) is 0 Å². The van der Waals surface area contributed by atoms with Crippen molar-refractivity contribution in [2.75, 3.05) is 0 Å². The van der Waals surface area contributed by atoms with Gasteiger partial charge in [0.15, 0.2) is 0 Å². The van der Waals surface area contributed by atoms with Crippen LogP contribution in [0.4, 0.5) is 0 Å². The molecule has 1 unspecified atom stereocenters. The molecule has 20 heavy (non-hydrogen) atoms. The van der Waals surface area contributed by atoms with Gasteiger partial charge in [-0.25, -0.2) is 0 Å². The smallest absolute Gasteiger partial charge is 0.399 e. The molecular weight excluding hydrogens is 247 g/mol. The molecule has 3 heteroatoms. The molecule has 1 fully saturated rings. The highest BCUT2D eigenvalue weighted by Gasteiger charge is 2.53. The van der Waals surface area contributed by atoms with Gasteiger partial charge in [0.25, 0.3) is 0 Å². The summed E-state index contributed by atoms with van der Waals surface area (Å²) in [4.78, 5) is 0. The normalized spacial score (nSPS) is 25.2. The van der Waals surface area contributed by atoms with Gasteiger partial charge in [0.05, 0.1) is 11.2 Å². The van der Waals surface area contributed by atoms with Gasteiger partial charge in [0, 0.05) is 0 Å². The lowest BCUT2D eigenvalue weighted by Crippen LogP contribution is -2.44. The number of hydrogen-bond donors (Lipinski definition) is 0. The van der Waals surface area contributed by atoms with Crippen LogP contribution in [0.1, 0.15) is 59.1 Å². The first kappa shape index (κ1) is 15.6. The van der Waals surface area contributed by atoms with Crippen molar-refractivity contribution in [1.82, 2.24) is 0 Å². The minimum Gasteiger partial charge on any atom is -0.399 e. The summed E-state index contributed by atoms with van der Waals surface area (Å²) in [6.45, 7) is 13.0. The van der Waals surface area contributed by atoms with Gasteiger partial charge in [-0.15, -0.1) is 0 Å². The molecule has 1 aliphatic rings. The Labute approximate surface area is 124 Å². The van der Waals surface area contributed by atoms with E-state index in [1.807, 2.05) is 0 Å². The standard InChI is InChI=1S/C17H27BO2/c1-7-13-10-11-15(12-14(13)8-2)18-19-16(4,5)17(6,9-3)20-18/h10-12H,7-9H2,1-6H3. The number of benzene rings is 1. The third kappa shape index (κ3) is 2.54. The second-order valence-corrected chi connectivity index (χ2v) is 6.40. The van der Waals surface area contributed by atoms with Gasteiger partial charge in [-0.2, -0.15) is 0 Å². The summed E-state index contributed by atoms with van der Waals surface area (Å²) in [7, 11) is -0.244. The summed E-state index contributed by atoms with van der Waals surface area (Å²) in [6, 6.07) is 6.62. The molecule has 1 saturated heterocycles. The first-order valence-electron chi connectivity index (χ1n) is 7.84. The molecule has 0 radical (unpaired) electrons. The molecule has 1 atom stereocenters. The van der Waals surface area contributed by atoms with Crippen molar-refractivity contribution >= 4 is 12.6 Å². The number of rotatable bonds is 4. The maximum atomic E-state index is 6.25. The van der Waals surface area contributed by atoms with E-state index in [4.69, 9.17) is 9.31 Å². The Hall–Kier alpha value is -0.795. The summed E-state index contributed by atoms with van der Waals surface area (Å²) in [5, 5.41) is 0. The molecule has 0 bridgehead atoms. The van der Waals surface area contributed by atoms with Crippen LogP contribution in [0.25, 0.3) is 0 Å². The van der Waals surface area contributed by atoms with Gasteiger partial charge in [-0.1, -0.05) is 39.0 Å². The Morgan fingerprint density at radius 2 is 1.60 bits per heavy atom. The van der Waals surface area contributed by atoms with Crippen LogP contribution in [0, 0.1) is 0 Å². The lowest BCUT2D eigenvalue weighted by molar-refractivity contribution is -0.0118. The van der Waals surface area contributed by atoms with Crippen LogP contribution in [0.15, 0.2) is 18.2 Å². The van der Waals surface area contributed by atoms with Crippen molar-refractivity contribution in [3.05, 3.63) is 29.3 Å². The molecule has 0 amide bonds. The van der Waals surface area contributed by atoms with Gasteiger partial charge >= 0.3 is 7.12 Å². The average Bonchev–Trinajstić information content (AvgIpc) is 2.69. The summed E-state index contributed by atoms with van der Waals surface area (Å²) in [6.07, 6.45) is 3.08. The monoisotopic (exact) mass is 274 g/mol. The first-order chi connectivity index (χ1) is 9.36. The molecule has 1 heterocycles. The predicted molar refractivity (Wildman–Crippen MR) is 85.5 cm³/mol. The van der Waals surface area contributed by atoms with Crippen molar-refractivity contribution in [1.29, 1.82) is 0 Å². The van der Waals surface area contributed by atoms with E-state index in [9.17, 15) is 0 Å². The van der Waals surface area contributed by atoms with Crippen molar-refractivity contribution in [3.63, 3.8) is 0 Å². The van der Waals surface area contributed by atoms with Gasteiger partial charge < -0.3 is 9.31 Å². The molecule has 110 valence electrons. The maximum absolute atomic E-state index is 6.25. The van der Waals surface area contributed by atoms with Gasteiger partial charge in [-0.3, -0.25) is 0 Å². The number of aryl methyl sites for hydroxylation is 2. The van der Waals surface area contributed by atoms with Crippen LogP contribution >= 0.6 is 0 Å². The minimum absolute atomic E-state index is 0.229. The fourth-order valence-corrected chi connectivity index (χ4v) is 2.91. The van der Waals surface area contributed by atoms with E-state index in [2.05, 4.69) is 59.7 Å². The molecule has 0 aliphatic carbocycles. The van der Waals surface area contributed by atoms with Gasteiger partial charge in [0.2, 0.25) is 0 Å². The molecule has 1 aromatic carbocycles. The Balaban J connectivity index is 2.30. The molecule has 2 rings (SSSR count). The fourth-order valence-electron chi connectivity index (χ4n) is 2.91. The molecule has 0 N–H and O–H groups in total. The van der Waals surface area contributed by atoms with Crippen LogP contribution in [0.2, 0.25) is 0 Å². The zero-order chi connectivity index (χ0) is 15.0. The Morgan fingerprint density at radius 1 is 0.950 bits per heavy atom. The topological polar surface area (TPSA) is 18.5 Å². The summed E-state index contributed by atoms with van der Waals surface area (Å²) in [5.41, 5.74) is 3.48. The molecule has 2 nitrogen and oxygen atoms in total. The summed E-state index contributed by atoms with van der Waals surface area (Å²) >= 11 is 0. The summed E-state index contributed by atoms with van der Waals surface area (Å²) < 4.78 is 12.4. The van der Waals surface area contributed by atoms with E-state index in [-0.39, 0.29) is 18.3 Å². The third-order valence-electron chi connectivity index (χ3n) is 4.98. The van der Waals surface area contributed by atoms with Crippen LogP contribution in [-0.2, 0) is 22.2 Å². The Kier molecular flexibility index (Phi) is 4.31. The van der Waals surface area contributed by atoms with Crippen LogP contribution in [-0.4, -0.2) is 18.3 Å². The van der Waals surface area contributed by atoms with Crippen LogP contribution < -0.4 is 5.46 Å². The Bertz CT molecular complexity index is 484. The van der Waals surface area contributed by atoms with Crippen molar-refractivity contribution in [2.45, 2.75) is 72.0 Å². The van der Waals surface area contributed by atoms with Crippen molar-refractivity contribution in [3.8, 4) is 0 Å². The zero-order valence-corrected chi connectivity index (χ0v) is 13.7. The molecule has 1 aromatic rings. The second-order valence-electron chi connectivity index (χ2n) is 6.40.